The molecule has 0 unspecified atom stereocenters. The van der Waals surface area contributed by atoms with Crippen molar-refractivity contribution in [3.05, 3.63) is 53.2 Å². The van der Waals surface area contributed by atoms with Crippen molar-refractivity contribution in [2.75, 3.05) is 20.3 Å². The van der Waals surface area contributed by atoms with Crippen LogP contribution in [-0.4, -0.2) is 25.2 Å². The second-order valence-corrected chi connectivity index (χ2v) is 5.14. The van der Waals surface area contributed by atoms with Gasteiger partial charge in [-0.15, -0.1) is 0 Å². The maximum atomic E-state index is 5.53. The quantitative estimate of drug-likeness (QED) is 0.827. The molecule has 0 saturated heterocycles. The summed E-state index contributed by atoms with van der Waals surface area (Å²) in [5.74, 6) is 1.74. The van der Waals surface area contributed by atoms with Crippen LogP contribution in [0.15, 0.2) is 36.5 Å². The van der Waals surface area contributed by atoms with Crippen LogP contribution in [0.4, 0.5) is 0 Å². The molecule has 3 rings (SSSR count). The molecule has 21 heavy (non-hydrogen) atoms. The number of nitrogens with one attached hydrogen (secondary N) is 1. The largest absolute Gasteiger partial charge is 0.493 e. The van der Waals surface area contributed by atoms with Crippen molar-refractivity contribution in [3.8, 4) is 11.6 Å². The Labute approximate surface area is 125 Å². The van der Waals surface area contributed by atoms with Gasteiger partial charge in [0.2, 0.25) is 5.88 Å². The standard InChI is InChI=1S/C17H20N2O2/c1-20-17-15(3-2-8-19-17)12-18-9-6-13-4-5-16-14(11-13)7-10-21-16/h2-5,8,11,18H,6-7,9-10,12H2,1H3. The van der Waals surface area contributed by atoms with Crippen molar-refractivity contribution in [1.82, 2.24) is 10.3 Å². The number of pyridine rings is 1. The monoisotopic (exact) mass is 284 g/mol. The van der Waals surface area contributed by atoms with E-state index in [1.165, 1.54) is 11.1 Å². The first-order valence-corrected chi connectivity index (χ1v) is 7.30. The van der Waals surface area contributed by atoms with Gasteiger partial charge in [-0.25, -0.2) is 4.98 Å². The summed E-state index contributed by atoms with van der Waals surface area (Å²) in [5, 5.41) is 3.44. The van der Waals surface area contributed by atoms with Crippen molar-refractivity contribution < 1.29 is 9.47 Å². The summed E-state index contributed by atoms with van der Waals surface area (Å²) in [6.07, 6.45) is 3.79. The SMILES string of the molecule is COc1ncccc1CNCCc1ccc2c(c1)CCO2. The minimum atomic E-state index is 0.694. The number of fused-ring (bicyclic) bond motifs is 1. The fraction of sp³-hybridized carbons (Fsp3) is 0.353. The molecule has 2 aromatic rings. The Balaban J connectivity index is 1.50. The molecule has 0 radical (unpaired) electrons. The van der Waals surface area contributed by atoms with Crippen LogP contribution < -0.4 is 14.8 Å². The minimum absolute atomic E-state index is 0.694. The number of aromatic nitrogens is 1. The molecule has 1 aromatic heterocycles. The number of ether oxygens (including phenoxy) is 2. The van der Waals surface area contributed by atoms with Gasteiger partial charge in [0.1, 0.15) is 5.75 Å². The third-order valence-electron chi connectivity index (χ3n) is 3.70. The van der Waals surface area contributed by atoms with Crippen LogP contribution in [0.3, 0.4) is 0 Å². The minimum Gasteiger partial charge on any atom is -0.493 e. The van der Waals surface area contributed by atoms with Gasteiger partial charge in [-0.05, 0) is 36.2 Å². The van der Waals surface area contributed by atoms with Crippen molar-refractivity contribution in [3.63, 3.8) is 0 Å². The summed E-state index contributed by atoms with van der Waals surface area (Å²) in [4.78, 5) is 4.20. The van der Waals surface area contributed by atoms with E-state index in [-0.39, 0.29) is 0 Å². The maximum Gasteiger partial charge on any atom is 0.217 e. The lowest BCUT2D eigenvalue weighted by Crippen LogP contribution is -2.17. The third kappa shape index (κ3) is 3.34. The summed E-state index contributed by atoms with van der Waals surface area (Å²) in [7, 11) is 1.65. The average Bonchev–Trinajstić information content (AvgIpc) is 2.99. The Morgan fingerprint density at radius 3 is 3.19 bits per heavy atom. The van der Waals surface area contributed by atoms with Crippen LogP contribution in [0.1, 0.15) is 16.7 Å². The molecule has 2 heterocycles. The van der Waals surface area contributed by atoms with E-state index >= 15 is 0 Å². The maximum absolute atomic E-state index is 5.53. The van der Waals surface area contributed by atoms with E-state index in [0.29, 0.717) is 5.88 Å². The molecule has 110 valence electrons. The van der Waals surface area contributed by atoms with Crippen LogP contribution in [-0.2, 0) is 19.4 Å². The van der Waals surface area contributed by atoms with E-state index < -0.39 is 0 Å². The normalized spacial score (nSPS) is 12.8. The lowest BCUT2D eigenvalue weighted by molar-refractivity contribution is 0.357. The second kappa shape index (κ2) is 6.59. The lowest BCUT2D eigenvalue weighted by atomic mass is 10.1. The second-order valence-electron chi connectivity index (χ2n) is 5.14. The number of rotatable bonds is 6. The smallest absolute Gasteiger partial charge is 0.217 e. The van der Waals surface area contributed by atoms with E-state index in [9.17, 15) is 0 Å². The fourth-order valence-corrected chi connectivity index (χ4v) is 2.59. The molecule has 0 fully saturated rings. The zero-order valence-electron chi connectivity index (χ0n) is 12.3. The van der Waals surface area contributed by atoms with E-state index in [2.05, 4.69) is 28.5 Å². The third-order valence-corrected chi connectivity index (χ3v) is 3.70. The van der Waals surface area contributed by atoms with E-state index in [0.717, 1.165) is 43.9 Å². The summed E-state index contributed by atoms with van der Waals surface area (Å²) < 4.78 is 10.8. The number of methoxy groups -OCH3 is 1. The van der Waals surface area contributed by atoms with E-state index in [1.54, 1.807) is 13.3 Å². The summed E-state index contributed by atoms with van der Waals surface area (Å²) in [6.45, 7) is 2.51. The highest BCUT2D eigenvalue weighted by molar-refractivity contribution is 5.39. The Morgan fingerprint density at radius 2 is 2.29 bits per heavy atom. The van der Waals surface area contributed by atoms with E-state index in [1.807, 2.05) is 12.1 Å². The van der Waals surface area contributed by atoms with Crippen LogP contribution in [0, 0.1) is 0 Å². The molecule has 0 amide bonds. The van der Waals surface area contributed by atoms with Gasteiger partial charge in [-0.1, -0.05) is 18.2 Å². The number of hydrogen-bond acceptors (Lipinski definition) is 4. The highest BCUT2D eigenvalue weighted by atomic mass is 16.5. The van der Waals surface area contributed by atoms with Crippen molar-refractivity contribution in [1.29, 1.82) is 0 Å². The molecule has 1 aromatic carbocycles. The molecular formula is C17H20N2O2. The molecule has 4 heteroatoms. The highest BCUT2D eigenvalue weighted by Crippen LogP contribution is 2.25. The average molecular weight is 284 g/mol. The van der Waals surface area contributed by atoms with Gasteiger partial charge >= 0.3 is 0 Å². The first-order chi connectivity index (χ1) is 10.4. The molecule has 0 atom stereocenters. The van der Waals surface area contributed by atoms with Gasteiger partial charge in [0, 0.05) is 24.7 Å². The molecule has 1 N–H and O–H groups in total. The molecule has 4 nitrogen and oxygen atoms in total. The predicted molar refractivity (Wildman–Crippen MR) is 81.8 cm³/mol. The number of benzene rings is 1. The van der Waals surface area contributed by atoms with Crippen LogP contribution in [0.2, 0.25) is 0 Å². The van der Waals surface area contributed by atoms with Crippen LogP contribution in [0.5, 0.6) is 11.6 Å². The highest BCUT2D eigenvalue weighted by Gasteiger charge is 2.11. The van der Waals surface area contributed by atoms with Gasteiger partial charge in [0.15, 0.2) is 0 Å². The van der Waals surface area contributed by atoms with Gasteiger partial charge in [-0.2, -0.15) is 0 Å². The van der Waals surface area contributed by atoms with Crippen LogP contribution in [0.25, 0.3) is 0 Å². The molecule has 0 aliphatic carbocycles. The van der Waals surface area contributed by atoms with Crippen molar-refractivity contribution >= 4 is 0 Å². The molecular weight excluding hydrogens is 264 g/mol. The van der Waals surface area contributed by atoms with Gasteiger partial charge in [0.25, 0.3) is 0 Å². The Morgan fingerprint density at radius 1 is 1.33 bits per heavy atom. The van der Waals surface area contributed by atoms with Gasteiger partial charge in [0.05, 0.1) is 13.7 Å². The van der Waals surface area contributed by atoms with Gasteiger partial charge in [-0.3, -0.25) is 0 Å². The van der Waals surface area contributed by atoms with Crippen molar-refractivity contribution in [2.24, 2.45) is 0 Å². The van der Waals surface area contributed by atoms with E-state index in [4.69, 9.17) is 9.47 Å². The zero-order chi connectivity index (χ0) is 14.5. The Bertz CT molecular complexity index is 613. The van der Waals surface area contributed by atoms with Crippen molar-refractivity contribution in [2.45, 2.75) is 19.4 Å². The fourth-order valence-electron chi connectivity index (χ4n) is 2.59. The Kier molecular flexibility index (Phi) is 4.36. The lowest BCUT2D eigenvalue weighted by Gasteiger charge is -2.09. The van der Waals surface area contributed by atoms with Gasteiger partial charge < -0.3 is 14.8 Å². The Hall–Kier alpha value is -2.07. The first-order valence-electron chi connectivity index (χ1n) is 7.30. The first kappa shape index (κ1) is 13.9. The zero-order valence-corrected chi connectivity index (χ0v) is 12.3. The molecule has 1 aliphatic rings. The summed E-state index contributed by atoms with van der Waals surface area (Å²) >= 11 is 0. The molecule has 1 aliphatic heterocycles. The predicted octanol–water partition coefficient (Wildman–Crippen LogP) is 2.36. The topological polar surface area (TPSA) is 43.4 Å². The molecule has 0 bridgehead atoms. The molecule has 0 spiro atoms. The number of nitrogens with zero attached hydrogens (tertiary/aromatic N) is 1. The van der Waals surface area contributed by atoms with Crippen LogP contribution >= 0.6 is 0 Å². The number of hydrogen-bond donors (Lipinski definition) is 1. The summed E-state index contributed by atoms with van der Waals surface area (Å²) in [5.41, 5.74) is 3.77. The molecule has 0 saturated carbocycles. The summed E-state index contributed by atoms with van der Waals surface area (Å²) in [6, 6.07) is 10.5.